The SMILES string of the molecule is O=C(O)C1CCCC(C(=O)NCC2(Cc3ccccc3)CCC2)C1. The van der Waals surface area contributed by atoms with Crippen LogP contribution in [0.5, 0.6) is 0 Å². The zero-order valence-electron chi connectivity index (χ0n) is 14.2. The molecular weight excluding hydrogens is 302 g/mol. The Kier molecular flexibility index (Phi) is 5.22. The van der Waals surface area contributed by atoms with Crippen molar-refractivity contribution < 1.29 is 14.7 Å². The van der Waals surface area contributed by atoms with Crippen molar-refractivity contribution in [3.05, 3.63) is 35.9 Å². The summed E-state index contributed by atoms with van der Waals surface area (Å²) in [6, 6.07) is 10.5. The van der Waals surface area contributed by atoms with Crippen molar-refractivity contribution in [1.82, 2.24) is 5.32 Å². The van der Waals surface area contributed by atoms with Gasteiger partial charge in [0, 0.05) is 12.5 Å². The molecule has 2 saturated carbocycles. The lowest BCUT2D eigenvalue weighted by Crippen LogP contribution is -2.46. The van der Waals surface area contributed by atoms with Crippen LogP contribution in [-0.2, 0) is 16.0 Å². The first-order chi connectivity index (χ1) is 11.6. The third-order valence-corrected chi connectivity index (χ3v) is 5.87. The van der Waals surface area contributed by atoms with Crippen LogP contribution >= 0.6 is 0 Å². The summed E-state index contributed by atoms with van der Waals surface area (Å²) in [5, 5.41) is 12.3. The van der Waals surface area contributed by atoms with Gasteiger partial charge < -0.3 is 10.4 Å². The molecule has 0 saturated heterocycles. The molecule has 3 rings (SSSR count). The van der Waals surface area contributed by atoms with Crippen molar-refractivity contribution >= 4 is 11.9 Å². The minimum absolute atomic E-state index is 0.0558. The third kappa shape index (κ3) is 3.97. The first-order valence-electron chi connectivity index (χ1n) is 9.12. The van der Waals surface area contributed by atoms with Gasteiger partial charge >= 0.3 is 5.97 Å². The summed E-state index contributed by atoms with van der Waals surface area (Å²) in [6.07, 6.45) is 7.41. The van der Waals surface area contributed by atoms with Crippen molar-refractivity contribution in [2.45, 2.75) is 51.4 Å². The van der Waals surface area contributed by atoms with E-state index in [0.29, 0.717) is 12.8 Å². The number of hydrogen-bond acceptors (Lipinski definition) is 2. The summed E-state index contributed by atoms with van der Waals surface area (Å²) in [4.78, 5) is 23.7. The topological polar surface area (TPSA) is 66.4 Å². The second-order valence-corrected chi connectivity index (χ2v) is 7.63. The molecule has 2 fully saturated rings. The van der Waals surface area contributed by atoms with Crippen molar-refractivity contribution in [1.29, 1.82) is 0 Å². The van der Waals surface area contributed by atoms with Gasteiger partial charge in [-0.3, -0.25) is 9.59 Å². The Hall–Kier alpha value is -1.84. The van der Waals surface area contributed by atoms with Crippen LogP contribution in [0.4, 0.5) is 0 Å². The fourth-order valence-electron chi connectivity index (χ4n) is 4.19. The first kappa shape index (κ1) is 17.0. The predicted molar refractivity (Wildman–Crippen MR) is 92.5 cm³/mol. The number of nitrogens with one attached hydrogen (secondary N) is 1. The van der Waals surface area contributed by atoms with Gasteiger partial charge in [-0.1, -0.05) is 43.2 Å². The maximum atomic E-state index is 12.5. The molecular formula is C20H27NO3. The zero-order chi connectivity index (χ0) is 17.0. The van der Waals surface area contributed by atoms with E-state index < -0.39 is 5.97 Å². The van der Waals surface area contributed by atoms with Gasteiger partial charge in [0.25, 0.3) is 0 Å². The van der Waals surface area contributed by atoms with E-state index in [2.05, 4.69) is 29.6 Å². The number of rotatable bonds is 6. The number of amides is 1. The Morgan fingerprint density at radius 2 is 1.79 bits per heavy atom. The highest BCUT2D eigenvalue weighted by Crippen LogP contribution is 2.43. The van der Waals surface area contributed by atoms with Crippen LogP contribution in [0, 0.1) is 17.3 Å². The van der Waals surface area contributed by atoms with Gasteiger partial charge in [-0.15, -0.1) is 0 Å². The maximum absolute atomic E-state index is 12.5. The van der Waals surface area contributed by atoms with Crippen LogP contribution in [0.25, 0.3) is 0 Å². The lowest BCUT2D eigenvalue weighted by atomic mass is 9.65. The monoisotopic (exact) mass is 329 g/mol. The van der Waals surface area contributed by atoms with Crippen molar-refractivity contribution in [3.8, 4) is 0 Å². The summed E-state index contributed by atoms with van der Waals surface area (Å²) in [5.41, 5.74) is 1.52. The average molecular weight is 329 g/mol. The molecule has 2 aliphatic carbocycles. The molecule has 4 heteroatoms. The van der Waals surface area contributed by atoms with Crippen molar-refractivity contribution in [3.63, 3.8) is 0 Å². The van der Waals surface area contributed by atoms with E-state index in [9.17, 15) is 14.7 Å². The molecule has 0 aliphatic heterocycles. The second kappa shape index (κ2) is 7.37. The molecule has 0 spiro atoms. The Balaban J connectivity index is 1.53. The highest BCUT2D eigenvalue weighted by Gasteiger charge is 2.38. The molecule has 0 radical (unpaired) electrons. The molecule has 2 unspecified atom stereocenters. The fraction of sp³-hybridized carbons (Fsp3) is 0.600. The predicted octanol–water partition coefficient (Wildman–Crippen LogP) is 3.41. The molecule has 4 nitrogen and oxygen atoms in total. The third-order valence-electron chi connectivity index (χ3n) is 5.87. The molecule has 0 heterocycles. The summed E-state index contributed by atoms with van der Waals surface area (Å²) >= 11 is 0. The van der Waals surface area contributed by atoms with Crippen LogP contribution in [-0.4, -0.2) is 23.5 Å². The standard InChI is InChI=1S/C20H27NO3/c22-18(16-8-4-9-17(12-16)19(23)24)21-14-20(10-5-11-20)13-15-6-2-1-3-7-15/h1-3,6-7,16-17H,4-5,8-14H2,(H,21,22)(H,23,24). The largest absolute Gasteiger partial charge is 0.481 e. The van der Waals surface area contributed by atoms with E-state index in [1.54, 1.807) is 0 Å². The molecule has 2 atom stereocenters. The smallest absolute Gasteiger partial charge is 0.306 e. The van der Waals surface area contributed by atoms with Crippen molar-refractivity contribution in [2.75, 3.05) is 6.54 Å². The Bertz CT molecular complexity index is 580. The number of carboxylic acids is 1. The maximum Gasteiger partial charge on any atom is 0.306 e. The van der Waals surface area contributed by atoms with Crippen molar-refractivity contribution in [2.24, 2.45) is 17.3 Å². The van der Waals surface area contributed by atoms with E-state index >= 15 is 0 Å². The molecule has 1 aromatic rings. The van der Waals surface area contributed by atoms with Gasteiger partial charge in [0.2, 0.25) is 5.91 Å². The molecule has 24 heavy (non-hydrogen) atoms. The van der Waals surface area contributed by atoms with Crippen LogP contribution in [0.2, 0.25) is 0 Å². The lowest BCUT2D eigenvalue weighted by Gasteiger charge is -2.42. The molecule has 1 aromatic carbocycles. The molecule has 1 amide bonds. The van der Waals surface area contributed by atoms with Crippen LogP contribution in [0.15, 0.2) is 30.3 Å². The van der Waals surface area contributed by atoms with Gasteiger partial charge in [-0.05, 0) is 49.5 Å². The van der Waals surface area contributed by atoms with Gasteiger partial charge in [-0.2, -0.15) is 0 Å². The van der Waals surface area contributed by atoms with Gasteiger partial charge in [-0.25, -0.2) is 0 Å². The van der Waals surface area contributed by atoms with Gasteiger partial charge in [0.1, 0.15) is 0 Å². The van der Waals surface area contributed by atoms with E-state index in [1.165, 1.54) is 12.0 Å². The van der Waals surface area contributed by atoms with Crippen LogP contribution in [0.3, 0.4) is 0 Å². The number of hydrogen-bond donors (Lipinski definition) is 2. The quantitative estimate of drug-likeness (QED) is 0.840. The van der Waals surface area contributed by atoms with Crippen LogP contribution < -0.4 is 5.32 Å². The summed E-state index contributed by atoms with van der Waals surface area (Å²) in [6.45, 7) is 0.717. The van der Waals surface area contributed by atoms with E-state index in [0.717, 1.165) is 38.6 Å². The molecule has 130 valence electrons. The van der Waals surface area contributed by atoms with E-state index in [1.807, 2.05) is 6.07 Å². The normalized spacial score (nSPS) is 25.5. The Morgan fingerprint density at radius 3 is 2.42 bits per heavy atom. The van der Waals surface area contributed by atoms with E-state index in [4.69, 9.17) is 0 Å². The highest BCUT2D eigenvalue weighted by atomic mass is 16.4. The van der Waals surface area contributed by atoms with Crippen LogP contribution in [0.1, 0.15) is 50.5 Å². The summed E-state index contributed by atoms with van der Waals surface area (Å²) in [5.74, 6) is -1.18. The molecule has 2 N–H and O–H groups in total. The minimum atomic E-state index is -0.757. The summed E-state index contributed by atoms with van der Waals surface area (Å²) < 4.78 is 0. The lowest BCUT2D eigenvalue weighted by molar-refractivity contribution is -0.144. The van der Waals surface area contributed by atoms with Gasteiger partial charge in [0.05, 0.1) is 5.92 Å². The zero-order valence-corrected chi connectivity index (χ0v) is 14.2. The number of carboxylic acid groups (broad SMARTS) is 1. The minimum Gasteiger partial charge on any atom is -0.481 e. The number of carbonyl (C=O) groups is 2. The van der Waals surface area contributed by atoms with E-state index in [-0.39, 0.29) is 23.2 Å². The Labute approximate surface area is 143 Å². The molecule has 2 aliphatic rings. The average Bonchev–Trinajstić information content (AvgIpc) is 2.58. The Morgan fingerprint density at radius 1 is 1.08 bits per heavy atom. The fourth-order valence-corrected chi connectivity index (χ4v) is 4.19. The van der Waals surface area contributed by atoms with Gasteiger partial charge in [0.15, 0.2) is 0 Å². The molecule has 0 bridgehead atoms. The second-order valence-electron chi connectivity index (χ2n) is 7.63. The highest BCUT2D eigenvalue weighted by molar-refractivity contribution is 5.80. The number of carbonyl (C=O) groups excluding carboxylic acids is 1. The summed E-state index contributed by atoms with van der Waals surface area (Å²) in [7, 11) is 0. The number of aliphatic carboxylic acids is 1. The first-order valence-corrected chi connectivity index (χ1v) is 9.12. The molecule has 0 aromatic heterocycles. The number of benzene rings is 1.